The van der Waals surface area contributed by atoms with Gasteiger partial charge in [-0.2, -0.15) is 0 Å². The Morgan fingerprint density at radius 2 is 1.42 bits per heavy atom. The topological polar surface area (TPSA) is 18.5 Å². The molecule has 0 heterocycles. The fourth-order valence-corrected chi connectivity index (χ4v) is 5.49. The lowest BCUT2D eigenvalue weighted by Gasteiger charge is -2.29. The molecule has 0 spiro atoms. The number of hydrogen-bond acceptors (Lipinski definition) is 2. The molecular formula is C16H20O2Si. The second-order valence-corrected chi connectivity index (χ2v) is 7.80. The van der Waals surface area contributed by atoms with Crippen LogP contribution in [0.2, 0.25) is 0 Å². The van der Waals surface area contributed by atoms with Gasteiger partial charge in [-0.25, -0.2) is 0 Å². The summed E-state index contributed by atoms with van der Waals surface area (Å²) in [7, 11) is 0.910. The van der Waals surface area contributed by atoms with Crippen LogP contribution in [0, 0.1) is 13.8 Å². The van der Waals surface area contributed by atoms with E-state index in [4.69, 9.17) is 8.85 Å². The maximum atomic E-state index is 5.91. The van der Waals surface area contributed by atoms with Crippen LogP contribution in [0.5, 0.6) is 0 Å². The van der Waals surface area contributed by atoms with E-state index in [1.165, 1.54) is 16.3 Å². The Bertz CT molecular complexity index is 548. The molecule has 0 bridgehead atoms. The number of hydrogen-bond donors (Lipinski definition) is 0. The first-order valence-corrected chi connectivity index (χ1v) is 8.20. The van der Waals surface area contributed by atoms with Gasteiger partial charge in [0.2, 0.25) is 0 Å². The summed E-state index contributed by atoms with van der Waals surface area (Å²) in [6, 6.07) is 16.5. The van der Waals surface area contributed by atoms with Crippen LogP contribution < -0.4 is 10.4 Å². The first kappa shape index (κ1) is 14.0. The van der Waals surface area contributed by atoms with E-state index in [1.807, 2.05) is 18.2 Å². The smallest absolute Gasteiger partial charge is 0.391 e. The molecule has 100 valence electrons. The van der Waals surface area contributed by atoms with Crippen molar-refractivity contribution in [3.05, 3.63) is 59.7 Å². The molecule has 0 radical (unpaired) electrons. The third kappa shape index (κ3) is 2.37. The van der Waals surface area contributed by atoms with Crippen molar-refractivity contribution in [3.63, 3.8) is 0 Å². The summed E-state index contributed by atoms with van der Waals surface area (Å²) in [6.45, 7) is 4.25. The lowest BCUT2D eigenvalue weighted by molar-refractivity contribution is 0.272. The highest BCUT2D eigenvalue weighted by Gasteiger charge is 2.41. The van der Waals surface area contributed by atoms with Crippen molar-refractivity contribution < 1.29 is 8.85 Å². The van der Waals surface area contributed by atoms with Crippen molar-refractivity contribution in [1.82, 2.24) is 0 Å². The molecule has 19 heavy (non-hydrogen) atoms. The maximum Gasteiger partial charge on any atom is 0.406 e. The van der Waals surface area contributed by atoms with Crippen molar-refractivity contribution in [2.45, 2.75) is 13.8 Å². The molecule has 0 saturated carbocycles. The van der Waals surface area contributed by atoms with Gasteiger partial charge in [-0.3, -0.25) is 0 Å². The number of aryl methyl sites for hydroxylation is 1. The highest BCUT2D eigenvalue weighted by Crippen LogP contribution is 2.13. The molecule has 0 N–H and O–H groups in total. The Morgan fingerprint density at radius 1 is 0.789 bits per heavy atom. The third-order valence-corrected chi connectivity index (χ3v) is 7.18. The fraction of sp³-hybridized carbons (Fsp3) is 0.250. The highest BCUT2D eigenvalue weighted by molar-refractivity contribution is 6.92. The van der Waals surface area contributed by atoms with Gasteiger partial charge in [0, 0.05) is 19.4 Å². The van der Waals surface area contributed by atoms with Gasteiger partial charge in [-0.1, -0.05) is 48.5 Å². The van der Waals surface area contributed by atoms with Crippen LogP contribution in [0.1, 0.15) is 11.1 Å². The average Bonchev–Trinajstić information content (AvgIpc) is 2.46. The van der Waals surface area contributed by atoms with Crippen LogP contribution in [-0.4, -0.2) is 22.8 Å². The molecule has 3 heteroatoms. The molecule has 2 rings (SSSR count). The van der Waals surface area contributed by atoms with Crippen LogP contribution in [0.3, 0.4) is 0 Å². The monoisotopic (exact) mass is 272 g/mol. The van der Waals surface area contributed by atoms with E-state index in [0.717, 1.165) is 5.19 Å². The van der Waals surface area contributed by atoms with Gasteiger partial charge in [-0.05, 0) is 30.2 Å². The first-order chi connectivity index (χ1) is 9.15. The quantitative estimate of drug-likeness (QED) is 0.794. The van der Waals surface area contributed by atoms with E-state index in [9.17, 15) is 0 Å². The molecule has 0 unspecified atom stereocenters. The van der Waals surface area contributed by atoms with E-state index >= 15 is 0 Å². The molecule has 0 aliphatic heterocycles. The third-order valence-electron chi connectivity index (χ3n) is 3.69. The van der Waals surface area contributed by atoms with E-state index in [1.54, 1.807) is 14.2 Å². The van der Waals surface area contributed by atoms with Crippen LogP contribution in [0.4, 0.5) is 0 Å². The number of benzene rings is 2. The van der Waals surface area contributed by atoms with Crippen molar-refractivity contribution in [2.75, 3.05) is 14.2 Å². The molecule has 2 aromatic rings. The Kier molecular flexibility index (Phi) is 4.19. The average molecular weight is 272 g/mol. The SMILES string of the molecule is CO[Si](OC)(c1ccccc1)c1cccc(C)c1C. The minimum atomic E-state index is -2.57. The van der Waals surface area contributed by atoms with E-state index in [-0.39, 0.29) is 0 Å². The lowest BCUT2D eigenvalue weighted by Crippen LogP contribution is -2.63. The lowest BCUT2D eigenvalue weighted by atomic mass is 10.1. The minimum absolute atomic E-state index is 1.13. The summed E-state index contributed by atoms with van der Waals surface area (Å²) in [5.41, 5.74) is 2.51. The Balaban J connectivity index is 2.66. The normalized spacial score (nSPS) is 11.6. The summed E-state index contributed by atoms with van der Waals surface area (Å²) in [5.74, 6) is 0. The molecule has 0 aliphatic carbocycles. The molecule has 2 nitrogen and oxygen atoms in total. The molecule has 0 aliphatic rings. The van der Waals surface area contributed by atoms with Crippen LogP contribution in [-0.2, 0) is 8.85 Å². The summed E-state index contributed by atoms with van der Waals surface area (Å²) in [5, 5.41) is 2.32. The van der Waals surface area contributed by atoms with Crippen LogP contribution in [0.15, 0.2) is 48.5 Å². The standard InChI is InChI=1S/C16H20O2Si/c1-13-9-8-12-16(14(13)2)19(17-3,18-4)15-10-6-5-7-11-15/h5-12H,1-4H3. The van der Waals surface area contributed by atoms with Crippen LogP contribution in [0.25, 0.3) is 0 Å². The van der Waals surface area contributed by atoms with E-state index < -0.39 is 8.56 Å². The van der Waals surface area contributed by atoms with E-state index in [0.29, 0.717) is 0 Å². The Hall–Kier alpha value is -1.42. The largest absolute Gasteiger partial charge is 0.406 e. The molecule has 2 aromatic carbocycles. The van der Waals surface area contributed by atoms with Gasteiger partial charge >= 0.3 is 8.56 Å². The zero-order valence-electron chi connectivity index (χ0n) is 11.9. The first-order valence-electron chi connectivity index (χ1n) is 6.38. The van der Waals surface area contributed by atoms with Gasteiger partial charge in [0.05, 0.1) is 0 Å². The summed E-state index contributed by atoms with van der Waals surface area (Å²) < 4.78 is 11.8. The Morgan fingerprint density at radius 3 is 2.00 bits per heavy atom. The molecule has 0 amide bonds. The predicted molar refractivity (Wildman–Crippen MR) is 81.4 cm³/mol. The molecule has 0 atom stereocenters. The molecule has 0 aromatic heterocycles. The Labute approximate surface area is 116 Å². The van der Waals surface area contributed by atoms with Crippen molar-refractivity contribution >= 4 is 18.9 Å². The van der Waals surface area contributed by atoms with Crippen molar-refractivity contribution in [1.29, 1.82) is 0 Å². The minimum Gasteiger partial charge on any atom is -0.391 e. The molecule has 0 fully saturated rings. The molecule has 0 saturated heterocycles. The van der Waals surface area contributed by atoms with Gasteiger partial charge < -0.3 is 8.85 Å². The maximum absolute atomic E-state index is 5.91. The summed E-state index contributed by atoms with van der Waals surface area (Å²) in [6.07, 6.45) is 0. The van der Waals surface area contributed by atoms with Crippen molar-refractivity contribution in [2.24, 2.45) is 0 Å². The zero-order chi connectivity index (χ0) is 13.9. The van der Waals surface area contributed by atoms with Gasteiger partial charge in [-0.15, -0.1) is 0 Å². The van der Waals surface area contributed by atoms with E-state index in [2.05, 4.69) is 44.2 Å². The number of rotatable bonds is 4. The van der Waals surface area contributed by atoms with Crippen molar-refractivity contribution in [3.8, 4) is 0 Å². The van der Waals surface area contributed by atoms with Crippen LogP contribution >= 0.6 is 0 Å². The second kappa shape index (κ2) is 5.69. The summed E-state index contributed by atoms with van der Waals surface area (Å²) in [4.78, 5) is 0. The second-order valence-electron chi connectivity index (χ2n) is 4.64. The predicted octanol–water partition coefficient (Wildman–Crippen LogP) is 2.15. The van der Waals surface area contributed by atoms with Gasteiger partial charge in [0.15, 0.2) is 0 Å². The van der Waals surface area contributed by atoms with Gasteiger partial charge in [0.25, 0.3) is 0 Å². The summed E-state index contributed by atoms with van der Waals surface area (Å²) >= 11 is 0. The molecular weight excluding hydrogens is 252 g/mol. The fourth-order valence-electron chi connectivity index (χ4n) is 2.46. The highest BCUT2D eigenvalue weighted by atomic mass is 28.4. The van der Waals surface area contributed by atoms with Gasteiger partial charge in [0.1, 0.15) is 0 Å². The zero-order valence-corrected chi connectivity index (χ0v) is 12.9.